The van der Waals surface area contributed by atoms with Gasteiger partial charge in [-0.05, 0) is 42.9 Å². The minimum Gasteiger partial charge on any atom is -0.506 e. The lowest BCUT2D eigenvalue weighted by Gasteiger charge is -2.36. The first kappa shape index (κ1) is 14.7. The predicted molar refractivity (Wildman–Crippen MR) is 84.7 cm³/mol. The molecule has 1 saturated carbocycles. The van der Waals surface area contributed by atoms with Crippen molar-refractivity contribution in [3.05, 3.63) is 23.3 Å². The number of nitrogens with one attached hydrogen (secondary N) is 2. The van der Waals surface area contributed by atoms with Crippen molar-refractivity contribution in [1.29, 1.82) is 0 Å². The molecule has 2 atom stereocenters. The van der Waals surface area contributed by atoms with Gasteiger partial charge in [0.25, 0.3) is 0 Å². The number of aliphatic hydroxyl groups is 1. The van der Waals surface area contributed by atoms with Crippen LogP contribution in [0.4, 0.5) is 5.69 Å². The molecule has 2 aliphatic carbocycles. The number of fused-ring (bicyclic) bond motifs is 1. The topological polar surface area (TPSA) is 64.5 Å². The summed E-state index contributed by atoms with van der Waals surface area (Å²) in [6.07, 6.45) is 7.73. The van der Waals surface area contributed by atoms with E-state index in [-0.39, 0.29) is 11.8 Å². The van der Waals surface area contributed by atoms with Gasteiger partial charge in [0.05, 0.1) is 11.8 Å². The van der Waals surface area contributed by atoms with Crippen molar-refractivity contribution in [2.75, 3.05) is 12.4 Å². The van der Waals surface area contributed by atoms with Crippen LogP contribution in [0.2, 0.25) is 0 Å². The van der Waals surface area contributed by atoms with E-state index in [1.807, 2.05) is 13.1 Å². The first-order valence-electron chi connectivity index (χ1n) is 8.17. The van der Waals surface area contributed by atoms with Crippen LogP contribution in [0.1, 0.15) is 55.8 Å². The molecule has 0 amide bonds. The fourth-order valence-corrected chi connectivity index (χ4v) is 3.90. The number of phenolic OH excluding ortho intramolecular Hbond substituents is 1. The van der Waals surface area contributed by atoms with Gasteiger partial charge in [-0.1, -0.05) is 25.3 Å². The summed E-state index contributed by atoms with van der Waals surface area (Å²) in [6, 6.07) is 4.23. The molecule has 0 radical (unpaired) electrons. The summed E-state index contributed by atoms with van der Waals surface area (Å²) in [6.45, 7) is 0. The summed E-state index contributed by atoms with van der Waals surface area (Å²) in [7, 11) is 1.81. The van der Waals surface area contributed by atoms with Crippen LogP contribution < -0.4 is 10.6 Å². The van der Waals surface area contributed by atoms with Crippen LogP contribution in [0.3, 0.4) is 0 Å². The Morgan fingerprint density at radius 1 is 1.10 bits per heavy atom. The first-order chi connectivity index (χ1) is 10.2. The lowest BCUT2D eigenvalue weighted by Crippen LogP contribution is -2.45. The number of hydrogen-bond donors (Lipinski definition) is 4. The Hall–Kier alpha value is -1.26. The van der Waals surface area contributed by atoms with Crippen molar-refractivity contribution in [3.8, 4) is 5.75 Å². The zero-order valence-corrected chi connectivity index (χ0v) is 12.7. The minimum absolute atomic E-state index is 0.134. The molecule has 0 spiro atoms. The number of aliphatic hydroxyl groups excluding tert-OH is 1. The number of hydrogen-bond acceptors (Lipinski definition) is 4. The Morgan fingerprint density at radius 2 is 1.86 bits per heavy atom. The zero-order chi connectivity index (χ0) is 14.8. The Bertz CT molecular complexity index is 498. The molecule has 21 heavy (non-hydrogen) atoms. The molecule has 116 valence electrons. The zero-order valence-electron chi connectivity index (χ0n) is 12.7. The highest BCUT2D eigenvalue weighted by Gasteiger charge is 2.31. The molecule has 0 bridgehead atoms. The van der Waals surface area contributed by atoms with E-state index in [9.17, 15) is 10.2 Å². The number of rotatable bonds is 3. The molecule has 3 rings (SSSR count). The van der Waals surface area contributed by atoms with Gasteiger partial charge in [0, 0.05) is 19.1 Å². The van der Waals surface area contributed by atoms with Crippen molar-refractivity contribution >= 4 is 5.69 Å². The predicted octanol–water partition coefficient (Wildman–Crippen LogP) is 2.70. The van der Waals surface area contributed by atoms with E-state index in [0.717, 1.165) is 29.7 Å². The third-order valence-electron chi connectivity index (χ3n) is 5.04. The second kappa shape index (κ2) is 6.24. The Balaban J connectivity index is 1.77. The molecule has 0 heterocycles. The first-order valence-corrected chi connectivity index (χ1v) is 8.17. The molecule has 2 aliphatic rings. The second-order valence-corrected chi connectivity index (χ2v) is 6.37. The highest BCUT2D eigenvalue weighted by molar-refractivity contribution is 5.64. The minimum atomic E-state index is -0.483. The molecule has 2 unspecified atom stereocenters. The molecule has 0 aromatic heterocycles. The Morgan fingerprint density at radius 3 is 2.57 bits per heavy atom. The van der Waals surface area contributed by atoms with E-state index >= 15 is 0 Å². The van der Waals surface area contributed by atoms with Gasteiger partial charge in [-0.3, -0.25) is 0 Å². The maximum atomic E-state index is 10.7. The summed E-state index contributed by atoms with van der Waals surface area (Å²) >= 11 is 0. The lowest BCUT2D eigenvalue weighted by atomic mass is 9.83. The summed E-state index contributed by atoms with van der Waals surface area (Å²) in [4.78, 5) is 0. The number of anilines is 1. The van der Waals surface area contributed by atoms with Crippen LogP contribution in [-0.2, 0) is 6.42 Å². The maximum absolute atomic E-state index is 10.7. The smallest absolute Gasteiger partial charge is 0.138 e. The van der Waals surface area contributed by atoms with Crippen LogP contribution in [0, 0.1) is 0 Å². The van der Waals surface area contributed by atoms with E-state index in [0.29, 0.717) is 6.04 Å². The van der Waals surface area contributed by atoms with Crippen LogP contribution in [0.5, 0.6) is 5.75 Å². The fourth-order valence-electron chi connectivity index (χ4n) is 3.90. The normalized spacial score (nSPS) is 26.4. The van der Waals surface area contributed by atoms with Crippen molar-refractivity contribution in [2.45, 2.75) is 63.1 Å². The van der Waals surface area contributed by atoms with E-state index < -0.39 is 6.10 Å². The van der Waals surface area contributed by atoms with Crippen molar-refractivity contribution < 1.29 is 10.2 Å². The van der Waals surface area contributed by atoms with Gasteiger partial charge in [0.2, 0.25) is 0 Å². The number of aromatic hydroxyl groups is 1. The van der Waals surface area contributed by atoms with Crippen LogP contribution in [-0.4, -0.2) is 29.3 Å². The monoisotopic (exact) mass is 290 g/mol. The third-order valence-corrected chi connectivity index (χ3v) is 5.04. The Labute approximate surface area is 126 Å². The summed E-state index contributed by atoms with van der Waals surface area (Å²) in [5, 5.41) is 27.3. The molecule has 4 nitrogen and oxygen atoms in total. The molecule has 1 fully saturated rings. The van der Waals surface area contributed by atoms with Crippen LogP contribution >= 0.6 is 0 Å². The van der Waals surface area contributed by atoms with Gasteiger partial charge in [-0.15, -0.1) is 0 Å². The van der Waals surface area contributed by atoms with Crippen molar-refractivity contribution in [2.24, 2.45) is 0 Å². The average Bonchev–Trinajstić information content (AvgIpc) is 2.51. The molecule has 4 N–H and O–H groups in total. The molecule has 0 saturated heterocycles. The van der Waals surface area contributed by atoms with Crippen molar-refractivity contribution in [1.82, 2.24) is 5.32 Å². The highest BCUT2D eigenvalue weighted by Crippen LogP contribution is 2.39. The number of phenols is 1. The van der Waals surface area contributed by atoms with E-state index in [4.69, 9.17) is 0 Å². The quantitative estimate of drug-likeness (QED) is 0.646. The molecule has 1 aromatic carbocycles. The summed E-state index contributed by atoms with van der Waals surface area (Å²) < 4.78 is 0. The maximum Gasteiger partial charge on any atom is 0.138 e. The number of benzene rings is 1. The van der Waals surface area contributed by atoms with E-state index in [1.165, 1.54) is 32.1 Å². The van der Waals surface area contributed by atoms with Gasteiger partial charge in [0.1, 0.15) is 5.75 Å². The largest absolute Gasteiger partial charge is 0.506 e. The molecular weight excluding hydrogens is 264 g/mol. The van der Waals surface area contributed by atoms with Gasteiger partial charge in [-0.25, -0.2) is 0 Å². The third kappa shape index (κ3) is 2.87. The van der Waals surface area contributed by atoms with Gasteiger partial charge in [-0.2, -0.15) is 0 Å². The van der Waals surface area contributed by atoms with Crippen molar-refractivity contribution in [3.63, 3.8) is 0 Å². The van der Waals surface area contributed by atoms with E-state index in [2.05, 4.69) is 10.6 Å². The van der Waals surface area contributed by atoms with Crippen LogP contribution in [0.15, 0.2) is 12.1 Å². The highest BCUT2D eigenvalue weighted by atomic mass is 16.3. The molecule has 1 aromatic rings. The molecular formula is C17H26N2O2. The Kier molecular flexibility index (Phi) is 4.36. The standard InChI is InChI=1S/C17H26N2O2/c1-18-16-12-7-9-14(19-11-5-3-2-4-6-11)17(21)13(12)8-10-15(16)20/h8,10-11,14,17-21H,2-7,9H2,1H3. The average molecular weight is 290 g/mol. The molecule has 4 heteroatoms. The van der Waals surface area contributed by atoms with Gasteiger partial charge < -0.3 is 20.8 Å². The SMILES string of the molecule is CNc1c(O)ccc2c1CCC(NC1CCCCC1)C2O. The van der Waals surface area contributed by atoms with E-state index in [1.54, 1.807) is 6.07 Å². The van der Waals surface area contributed by atoms with Gasteiger partial charge in [0.15, 0.2) is 0 Å². The lowest BCUT2D eigenvalue weighted by molar-refractivity contribution is 0.104. The summed E-state index contributed by atoms with van der Waals surface area (Å²) in [5.41, 5.74) is 2.78. The second-order valence-electron chi connectivity index (χ2n) is 6.37. The summed E-state index contributed by atoms with van der Waals surface area (Å²) in [5.74, 6) is 0.266. The fraction of sp³-hybridized carbons (Fsp3) is 0.647. The molecule has 0 aliphatic heterocycles. The van der Waals surface area contributed by atoms with Crippen LogP contribution in [0.25, 0.3) is 0 Å². The van der Waals surface area contributed by atoms with Gasteiger partial charge >= 0.3 is 0 Å².